The summed E-state index contributed by atoms with van der Waals surface area (Å²) in [6.45, 7) is 1.84. The Morgan fingerprint density at radius 1 is 1.28 bits per heavy atom. The van der Waals surface area contributed by atoms with Gasteiger partial charge in [0.05, 0.1) is 7.11 Å². The third-order valence-corrected chi connectivity index (χ3v) is 4.04. The highest BCUT2D eigenvalue weighted by Gasteiger charge is 2.08. The minimum absolute atomic E-state index is 0.876. The Morgan fingerprint density at radius 2 is 2.11 bits per heavy atom. The first-order valence-corrected chi connectivity index (χ1v) is 7.39. The van der Waals surface area contributed by atoms with Gasteiger partial charge in [-0.25, -0.2) is 0 Å². The fourth-order valence-electron chi connectivity index (χ4n) is 1.89. The van der Waals surface area contributed by atoms with Gasteiger partial charge in [-0.3, -0.25) is 4.90 Å². The Bertz CT molecular complexity index is 499. The predicted molar refractivity (Wildman–Crippen MR) is 80.2 cm³/mol. The van der Waals surface area contributed by atoms with Crippen LogP contribution in [0.1, 0.15) is 10.4 Å². The van der Waals surface area contributed by atoms with E-state index in [4.69, 9.17) is 4.74 Å². The second-order valence-corrected chi connectivity index (χ2v) is 6.16. The fourth-order valence-corrected chi connectivity index (χ4v) is 3.08. The van der Waals surface area contributed by atoms with Gasteiger partial charge in [0, 0.05) is 28.0 Å². The van der Waals surface area contributed by atoms with Crippen molar-refractivity contribution >= 4 is 27.3 Å². The van der Waals surface area contributed by atoms with Gasteiger partial charge in [0.2, 0.25) is 0 Å². The van der Waals surface area contributed by atoms with E-state index in [-0.39, 0.29) is 0 Å². The molecule has 0 saturated carbocycles. The van der Waals surface area contributed by atoms with Crippen molar-refractivity contribution in [1.82, 2.24) is 4.90 Å². The van der Waals surface area contributed by atoms with Gasteiger partial charge >= 0.3 is 0 Å². The molecule has 0 spiro atoms. The summed E-state index contributed by atoms with van der Waals surface area (Å²) in [5, 5.41) is 2.11. The number of benzene rings is 1. The Hall–Kier alpha value is -0.840. The first kappa shape index (κ1) is 13.6. The second-order valence-electron chi connectivity index (χ2n) is 4.21. The molecule has 0 unspecified atom stereocenters. The van der Waals surface area contributed by atoms with Crippen LogP contribution in [0.25, 0.3) is 0 Å². The van der Waals surface area contributed by atoms with Crippen LogP contribution in [-0.2, 0) is 13.1 Å². The summed E-state index contributed by atoms with van der Waals surface area (Å²) in [6.07, 6.45) is 0. The van der Waals surface area contributed by atoms with Gasteiger partial charge in [-0.2, -0.15) is 0 Å². The molecule has 2 rings (SSSR count). The molecule has 0 saturated heterocycles. The highest BCUT2D eigenvalue weighted by Crippen LogP contribution is 2.24. The van der Waals surface area contributed by atoms with Crippen LogP contribution < -0.4 is 4.74 Å². The number of halogens is 1. The van der Waals surface area contributed by atoms with Crippen molar-refractivity contribution in [1.29, 1.82) is 0 Å². The third-order valence-electron chi connectivity index (χ3n) is 2.69. The predicted octanol–water partition coefficient (Wildman–Crippen LogP) is 4.15. The summed E-state index contributed by atoms with van der Waals surface area (Å²) in [5.41, 5.74) is 1.20. The lowest BCUT2D eigenvalue weighted by Crippen LogP contribution is -2.17. The standard InChI is InChI=1S/C14H16BrNOS/c1-16(10-13-4-3-7-18-13)9-11-8-12(15)5-6-14(11)17-2/h3-8H,9-10H2,1-2H3. The molecule has 0 fully saturated rings. The molecule has 18 heavy (non-hydrogen) atoms. The molecule has 0 aliphatic carbocycles. The van der Waals surface area contributed by atoms with E-state index in [1.54, 1.807) is 18.4 Å². The van der Waals surface area contributed by atoms with E-state index >= 15 is 0 Å². The van der Waals surface area contributed by atoms with Gasteiger partial charge < -0.3 is 4.74 Å². The quantitative estimate of drug-likeness (QED) is 0.818. The highest BCUT2D eigenvalue weighted by molar-refractivity contribution is 9.10. The van der Waals surface area contributed by atoms with E-state index in [1.165, 1.54) is 10.4 Å². The van der Waals surface area contributed by atoms with Crippen LogP contribution >= 0.6 is 27.3 Å². The summed E-state index contributed by atoms with van der Waals surface area (Å²) in [7, 11) is 3.84. The van der Waals surface area contributed by atoms with Gasteiger partial charge in [-0.1, -0.05) is 22.0 Å². The Morgan fingerprint density at radius 3 is 2.78 bits per heavy atom. The first-order chi connectivity index (χ1) is 8.69. The second kappa shape index (κ2) is 6.36. The van der Waals surface area contributed by atoms with Gasteiger partial charge in [-0.05, 0) is 36.7 Å². The molecule has 0 N–H and O–H groups in total. The highest BCUT2D eigenvalue weighted by atomic mass is 79.9. The van der Waals surface area contributed by atoms with E-state index in [0.29, 0.717) is 0 Å². The minimum atomic E-state index is 0.876. The third kappa shape index (κ3) is 3.57. The van der Waals surface area contributed by atoms with Crippen LogP contribution in [0.4, 0.5) is 0 Å². The molecule has 4 heteroatoms. The van der Waals surface area contributed by atoms with Crippen molar-refractivity contribution in [3.8, 4) is 5.75 Å². The molecule has 2 aromatic rings. The maximum absolute atomic E-state index is 5.39. The number of ether oxygens (including phenoxy) is 1. The van der Waals surface area contributed by atoms with Crippen LogP contribution in [0.3, 0.4) is 0 Å². The van der Waals surface area contributed by atoms with Crippen molar-refractivity contribution in [3.63, 3.8) is 0 Å². The monoisotopic (exact) mass is 325 g/mol. The normalized spacial score (nSPS) is 10.9. The van der Waals surface area contributed by atoms with Crippen molar-refractivity contribution in [3.05, 3.63) is 50.6 Å². The van der Waals surface area contributed by atoms with Gasteiger partial charge in [-0.15, -0.1) is 11.3 Å². The van der Waals surface area contributed by atoms with Crippen molar-refractivity contribution in [2.24, 2.45) is 0 Å². The zero-order valence-electron chi connectivity index (χ0n) is 10.5. The number of methoxy groups -OCH3 is 1. The summed E-state index contributed by atoms with van der Waals surface area (Å²) in [4.78, 5) is 3.67. The molecule has 0 amide bonds. The SMILES string of the molecule is COc1ccc(Br)cc1CN(C)Cc1cccs1. The van der Waals surface area contributed by atoms with E-state index in [9.17, 15) is 0 Å². The van der Waals surface area contributed by atoms with Gasteiger partial charge in [0.25, 0.3) is 0 Å². The lowest BCUT2D eigenvalue weighted by molar-refractivity contribution is 0.312. The van der Waals surface area contributed by atoms with Crippen LogP contribution in [0.5, 0.6) is 5.75 Å². The molecule has 1 aromatic carbocycles. The van der Waals surface area contributed by atoms with E-state index in [2.05, 4.69) is 51.5 Å². The molecule has 0 bridgehead atoms. The molecular weight excluding hydrogens is 310 g/mol. The number of hydrogen-bond acceptors (Lipinski definition) is 3. The summed E-state index contributed by atoms with van der Waals surface area (Å²) in [6, 6.07) is 10.4. The maximum atomic E-state index is 5.39. The molecule has 1 aromatic heterocycles. The molecular formula is C14H16BrNOS. The number of thiophene rings is 1. The van der Waals surface area contributed by atoms with E-state index in [1.807, 2.05) is 12.1 Å². The molecule has 2 nitrogen and oxygen atoms in total. The van der Waals surface area contributed by atoms with E-state index in [0.717, 1.165) is 23.3 Å². The molecule has 0 aliphatic rings. The first-order valence-electron chi connectivity index (χ1n) is 5.72. The fraction of sp³-hybridized carbons (Fsp3) is 0.286. The molecule has 0 aliphatic heterocycles. The van der Waals surface area contributed by atoms with Crippen LogP contribution in [-0.4, -0.2) is 19.1 Å². The zero-order valence-corrected chi connectivity index (χ0v) is 12.9. The van der Waals surface area contributed by atoms with Crippen molar-refractivity contribution in [2.75, 3.05) is 14.2 Å². The molecule has 96 valence electrons. The zero-order chi connectivity index (χ0) is 13.0. The van der Waals surface area contributed by atoms with Gasteiger partial charge in [0.1, 0.15) is 5.75 Å². The summed E-state index contributed by atoms with van der Waals surface area (Å²) in [5.74, 6) is 0.941. The lowest BCUT2D eigenvalue weighted by atomic mass is 10.2. The summed E-state index contributed by atoms with van der Waals surface area (Å²) < 4.78 is 6.48. The lowest BCUT2D eigenvalue weighted by Gasteiger charge is -2.17. The van der Waals surface area contributed by atoms with Crippen LogP contribution in [0, 0.1) is 0 Å². The average molecular weight is 326 g/mol. The Labute approximate surface area is 120 Å². The van der Waals surface area contributed by atoms with Crippen LogP contribution in [0.15, 0.2) is 40.2 Å². The molecule has 0 atom stereocenters. The topological polar surface area (TPSA) is 12.5 Å². The summed E-state index contributed by atoms with van der Waals surface area (Å²) >= 11 is 5.30. The maximum Gasteiger partial charge on any atom is 0.123 e. The largest absolute Gasteiger partial charge is 0.496 e. The molecule has 1 heterocycles. The number of hydrogen-bond donors (Lipinski definition) is 0. The average Bonchev–Trinajstić information content (AvgIpc) is 2.82. The van der Waals surface area contributed by atoms with E-state index < -0.39 is 0 Å². The minimum Gasteiger partial charge on any atom is -0.496 e. The smallest absolute Gasteiger partial charge is 0.123 e. The van der Waals surface area contributed by atoms with Crippen LogP contribution in [0.2, 0.25) is 0 Å². The van der Waals surface area contributed by atoms with Crippen molar-refractivity contribution < 1.29 is 4.74 Å². The number of nitrogens with zero attached hydrogens (tertiary/aromatic N) is 1. The van der Waals surface area contributed by atoms with Crippen molar-refractivity contribution in [2.45, 2.75) is 13.1 Å². The Kier molecular flexibility index (Phi) is 4.80. The number of rotatable bonds is 5. The molecule has 0 radical (unpaired) electrons. The van der Waals surface area contributed by atoms with Gasteiger partial charge in [0.15, 0.2) is 0 Å². The Balaban J connectivity index is 2.06.